The first kappa shape index (κ1) is 16.1. The van der Waals surface area contributed by atoms with Crippen molar-refractivity contribution in [3.05, 3.63) is 96.7 Å². The standard InChI is InChI=1S/C25H17N3O/c1-2-8-17(9-3-1)16-28-22-14-5-4-13-21(22)27-24(28)20-11-6-10-18-19-12-7-15-26-25(19)29-23(18)20/h1-15H,16H2. The molecule has 0 N–H and O–H groups in total. The molecule has 6 aromatic rings. The molecular weight excluding hydrogens is 358 g/mol. The summed E-state index contributed by atoms with van der Waals surface area (Å²) in [6.45, 7) is 0.742. The van der Waals surface area contributed by atoms with Crippen molar-refractivity contribution in [1.82, 2.24) is 14.5 Å². The maximum Gasteiger partial charge on any atom is 0.227 e. The van der Waals surface area contributed by atoms with E-state index in [0.717, 1.165) is 45.3 Å². The monoisotopic (exact) mass is 375 g/mol. The van der Waals surface area contributed by atoms with Crippen molar-refractivity contribution in [3.8, 4) is 11.4 Å². The minimum atomic E-state index is 0.653. The molecule has 0 fully saturated rings. The van der Waals surface area contributed by atoms with Crippen molar-refractivity contribution in [1.29, 1.82) is 0 Å². The maximum absolute atomic E-state index is 6.17. The molecule has 0 saturated heterocycles. The van der Waals surface area contributed by atoms with Gasteiger partial charge < -0.3 is 8.98 Å². The van der Waals surface area contributed by atoms with Crippen molar-refractivity contribution in [2.75, 3.05) is 0 Å². The minimum absolute atomic E-state index is 0.653. The molecule has 138 valence electrons. The minimum Gasteiger partial charge on any atom is -0.437 e. The number of hydrogen-bond donors (Lipinski definition) is 0. The zero-order valence-electron chi connectivity index (χ0n) is 15.6. The van der Waals surface area contributed by atoms with Gasteiger partial charge in [0.25, 0.3) is 0 Å². The molecule has 0 saturated carbocycles. The summed E-state index contributed by atoms with van der Waals surface area (Å²) >= 11 is 0. The van der Waals surface area contributed by atoms with Crippen LogP contribution in [0.1, 0.15) is 5.56 Å². The van der Waals surface area contributed by atoms with Crippen LogP contribution in [0.2, 0.25) is 0 Å². The molecule has 0 aliphatic rings. The van der Waals surface area contributed by atoms with Crippen LogP contribution in [0, 0.1) is 0 Å². The summed E-state index contributed by atoms with van der Waals surface area (Å²) in [5.41, 5.74) is 5.77. The Hall–Kier alpha value is -3.92. The fraction of sp³-hybridized carbons (Fsp3) is 0.0400. The van der Waals surface area contributed by atoms with E-state index in [-0.39, 0.29) is 0 Å². The Balaban J connectivity index is 1.65. The third kappa shape index (κ3) is 2.53. The summed E-state index contributed by atoms with van der Waals surface area (Å²) in [7, 11) is 0. The SMILES string of the molecule is c1ccc(Cn2c(-c3cccc4c3oc3ncccc34)nc3ccccc32)cc1. The molecule has 6 rings (SSSR count). The molecule has 0 aliphatic heterocycles. The van der Waals surface area contributed by atoms with Gasteiger partial charge in [-0.3, -0.25) is 0 Å². The smallest absolute Gasteiger partial charge is 0.227 e. The summed E-state index contributed by atoms with van der Waals surface area (Å²) in [6, 6.07) is 28.9. The van der Waals surface area contributed by atoms with E-state index in [4.69, 9.17) is 9.40 Å². The van der Waals surface area contributed by atoms with Crippen LogP contribution >= 0.6 is 0 Å². The highest BCUT2D eigenvalue weighted by Crippen LogP contribution is 2.36. The predicted octanol–water partition coefficient (Wildman–Crippen LogP) is 6.05. The lowest BCUT2D eigenvalue weighted by molar-refractivity contribution is 0.654. The largest absolute Gasteiger partial charge is 0.437 e. The van der Waals surface area contributed by atoms with Crippen LogP contribution in [0.25, 0.3) is 44.5 Å². The van der Waals surface area contributed by atoms with Gasteiger partial charge in [-0.25, -0.2) is 9.97 Å². The number of aromatic nitrogens is 3. The molecule has 0 atom stereocenters. The number of rotatable bonds is 3. The van der Waals surface area contributed by atoms with Crippen LogP contribution in [0.4, 0.5) is 0 Å². The first-order chi connectivity index (χ1) is 14.4. The van der Waals surface area contributed by atoms with Crippen LogP contribution in [0.15, 0.2) is 95.5 Å². The highest BCUT2D eigenvalue weighted by Gasteiger charge is 2.18. The van der Waals surface area contributed by atoms with E-state index in [2.05, 4.69) is 70.2 Å². The Morgan fingerprint density at radius 3 is 2.52 bits per heavy atom. The van der Waals surface area contributed by atoms with Gasteiger partial charge in [0, 0.05) is 23.5 Å². The zero-order chi connectivity index (χ0) is 19.2. The summed E-state index contributed by atoms with van der Waals surface area (Å²) in [5, 5.41) is 2.08. The van der Waals surface area contributed by atoms with Crippen molar-refractivity contribution in [2.45, 2.75) is 6.54 Å². The van der Waals surface area contributed by atoms with Crippen LogP contribution in [-0.4, -0.2) is 14.5 Å². The van der Waals surface area contributed by atoms with E-state index < -0.39 is 0 Å². The molecule has 29 heavy (non-hydrogen) atoms. The number of imidazole rings is 1. The molecule has 0 aliphatic carbocycles. The fourth-order valence-corrected chi connectivity index (χ4v) is 4.02. The Morgan fingerprint density at radius 2 is 1.59 bits per heavy atom. The van der Waals surface area contributed by atoms with Crippen LogP contribution in [0.3, 0.4) is 0 Å². The normalized spacial score (nSPS) is 11.6. The molecule has 0 bridgehead atoms. The highest BCUT2D eigenvalue weighted by molar-refractivity contribution is 6.08. The van der Waals surface area contributed by atoms with E-state index in [1.165, 1.54) is 5.56 Å². The van der Waals surface area contributed by atoms with Gasteiger partial charge in [0.05, 0.1) is 16.6 Å². The Morgan fingerprint density at radius 1 is 0.759 bits per heavy atom. The van der Waals surface area contributed by atoms with Crippen LogP contribution < -0.4 is 0 Å². The van der Waals surface area contributed by atoms with Crippen molar-refractivity contribution < 1.29 is 4.42 Å². The van der Waals surface area contributed by atoms with Gasteiger partial charge in [-0.05, 0) is 35.9 Å². The highest BCUT2D eigenvalue weighted by atomic mass is 16.3. The quantitative estimate of drug-likeness (QED) is 0.378. The van der Waals surface area contributed by atoms with Crippen molar-refractivity contribution >= 4 is 33.1 Å². The predicted molar refractivity (Wildman–Crippen MR) is 116 cm³/mol. The molecule has 0 unspecified atom stereocenters. The number of fused-ring (bicyclic) bond motifs is 4. The van der Waals surface area contributed by atoms with Crippen LogP contribution in [0.5, 0.6) is 0 Å². The number of furan rings is 1. The van der Waals surface area contributed by atoms with Gasteiger partial charge in [0.15, 0.2) is 0 Å². The van der Waals surface area contributed by atoms with E-state index in [1.54, 1.807) is 6.20 Å². The molecule has 0 radical (unpaired) electrons. The summed E-state index contributed by atoms with van der Waals surface area (Å²) in [6.07, 6.45) is 1.76. The maximum atomic E-state index is 6.17. The third-order valence-corrected chi connectivity index (χ3v) is 5.35. The van der Waals surface area contributed by atoms with Gasteiger partial charge in [0.2, 0.25) is 5.71 Å². The lowest BCUT2D eigenvalue weighted by atomic mass is 10.1. The second-order valence-electron chi connectivity index (χ2n) is 7.14. The lowest BCUT2D eigenvalue weighted by Crippen LogP contribution is -2.02. The molecular formula is C25H17N3O. The number of para-hydroxylation sites is 3. The second kappa shape index (κ2) is 6.31. The topological polar surface area (TPSA) is 43.9 Å². The lowest BCUT2D eigenvalue weighted by Gasteiger charge is -2.10. The molecule has 0 amide bonds. The number of benzene rings is 3. The van der Waals surface area contributed by atoms with Crippen LogP contribution in [-0.2, 0) is 6.54 Å². The van der Waals surface area contributed by atoms with Gasteiger partial charge in [0.1, 0.15) is 11.4 Å². The molecule has 0 spiro atoms. The average molecular weight is 375 g/mol. The Labute approximate surface area is 167 Å². The van der Waals surface area contributed by atoms with Gasteiger partial charge >= 0.3 is 0 Å². The zero-order valence-corrected chi connectivity index (χ0v) is 15.6. The number of pyridine rings is 1. The third-order valence-electron chi connectivity index (χ3n) is 5.35. The molecule has 3 heterocycles. The van der Waals surface area contributed by atoms with E-state index in [0.29, 0.717) is 5.71 Å². The van der Waals surface area contributed by atoms with E-state index >= 15 is 0 Å². The summed E-state index contributed by atoms with van der Waals surface area (Å²) < 4.78 is 8.44. The van der Waals surface area contributed by atoms with Gasteiger partial charge in [-0.1, -0.05) is 54.6 Å². The summed E-state index contributed by atoms with van der Waals surface area (Å²) in [4.78, 5) is 9.37. The van der Waals surface area contributed by atoms with E-state index in [9.17, 15) is 0 Å². The molecule has 4 nitrogen and oxygen atoms in total. The van der Waals surface area contributed by atoms with E-state index in [1.807, 2.05) is 24.3 Å². The second-order valence-corrected chi connectivity index (χ2v) is 7.14. The van der Waals surface area contributed by atoms with Gasteiger partial charge in [-0.15, -0.1) is 0 Å². The Kier molecular flexibility index (Phi) is 3.50. The first-order valence-corrected chi connectivity index (χ1v) is 9.64. The molecule has 4 heteroatoms. The molecule has 3 aromatic carbocycles. The van der Waals surface area contributed by atoms with Gasteiger partial charge in [-0.2, -0.15) is 0 Å². The number of hydrogen-bond acceptors (Lipinski definition) is 3. The molecule has 3 aromatic heterocycles. The van der Waals surface area contributed by atoms with Crippen molar-refractivity contribution in [2.24, 2.45) is 0 Å². The first-order valence-electron chi connectivity index (χ1n) is 9.64. The fourth-order valence-electron chi connectivity index (χ4n) is 4.02. The number of nitrogens with zero attached hydrogens (tertiary/aromatic N) is 3. The average Bonchev–Trinajstić information content (AvgIpc) is 3.33. The Bertz CT molecular complexity index is 1480. The summed E-state index contributed by atoms with van der Waals surface area (Å²) in [5.74, 6) is 0.903. The van der Waals surface area contributed by atoms with Crippen molar-refractivity contribution in [3.63, 3.8) is 0 Å².